The minimum absolute atomic E-state index is 0.0931. The van der Waals surface area contributed by atoms with Gasteiger partial charge in [0, 0.05) is 42.8 Å². The Hall–Kier alpha value is -2.09. The van der Waals surface area contributed by atoms with Crippen LogP contribution in [0.15, 0.2) is 53.6 Å². The first-order chi connectivity index (χ1) is 12.5. The van der Waals surface area contributed by atoms with E-state index < -0.39 is 10.0 Å². The summed E-state index contributed by atoms with van der Waals surface area (Å²) >= 11 is 5.94. The number of fused-ring (bicyclic) bond motifs is 1. The number of nitrogens with one attached hydrogen (secondary N) is 1. The van der Waals surface area contributed by atoms with E-state index in [1.165, 1.54) is 34.4 Å². The molecule has 4 rings (SSSR count). The van der Waals surface area contributed by atoms with Crippen molar-refractivity contribution in [3.05, 3.63) is 59.5 Å². The summed E-state index contributed by atoms with van der Waals surface area (Å²) in [7, 11) is -3.83. The van der Waals surface area contributed by atoms with Gasteiger partial charge in [0.05, 0.1) is 16.1 Å². The third-order valence-electron chi connectivity index (χ3n) is 4.54. The number of halogens is 2. The molecule has 2 heterocycles. The largest absolute Gasteiger partial charge is 0.366 e. The molecule has 0 spiro atoms. The normalized spacial score (nSPS) is 15.5. The van der Waals surface area contributed by atoms with Gasteiger partial charge < -0.3 is 10.2 Å². The molecule has 0 aliphatic carbocycles. The molecule has 1 N–H and O–H groups in total. The number of piperazine rings is 1. The number of hydrogen-bond acceptors (Lipinski definition) is 4. The average Bonchev–Trinajstić information content (AvgIpc) is 3.07. The summed E-state index contributed by atoms with van der Waals surface area (Å²) in [5.74, 6) is -0.350. The van der Waals surface area contributed by atoms with Crippen LogP contribution in [-0.4, -0.2) is 38.6 Å². The van der Waals surface area contributed by atoms with Crippen molar-refractivity contribution in [1.82, 2.24) is 9.29 Å². The SMILES string of the molecule is O=S(=O)(c1cccc(Cl)c1)n1ccc2c(N3CCNCC3)c(F)ccc21. The molecule has 0 saturated carbocycles. The highest BCUT2D eigenvalue weighted by Gasteiger charge is 2.23. The van der Waals surface area contributed by atoms with Crippen molar-refractivity contribution in [2.45, 2.75) is 4.90 Å². The molecule has 0 bridgehead atoms. The van der Waals surface area contributed by atoms with Crippen LogP contribution in [0.1, 0.15) is 0 Å². The average molecular weight is 394 g/mol. The smallest absolute Gasteiger partial charge is 0.268 e. The highest BCUT2D eigenvalue weighted by Crippen LogP contribution is 2.33. The summed E-state index contributed by atoms with van der Waals surface area (Å²) in [6.07, 6.45) is 1.46. The Labute approximate surface area is 156 Å². The fourth-order valence-electron chi connectivity index (χ4n) is 3.31. The van der Waals surface area contributed by atoms with Crippen molar-refractivity contribution >= 4 is 38.2 Å². The van der Waals surface area contributed by atoms with E-state index in [9.17, 15) is 12.8 Å². The molecule has 5 nitrogen and oxygen atoms in total. The zero-order chi connectivity index (χ0) is 18.3. The number of anilines is 1. The lowest BCUT2D eigenvalue weighted by atomic mass is 10.1. The predicted molar refractivity (Wildman–Crippen MR) is 101 cm³/mol. The summed E-state index contributed by atoms with van der Waals surface area (Å²) in [6.45, 7) is 2.86. The van der Waals surface area contributed by atoms with Crippen molar-refractivity contribution in [2.75, 3.05) is 31.1 Å². The molecular formula is C18H17ClFN3O2S. The van der Waals surface area contributed by atoms with Crippen LogP contribution in [0.4, 0.5) is 10.1 Å². The zero-order valence-electron chi connectivity index (χ0n) is 13.8. The minimum Gasteiger partial charge on any atom is -0.366 e. The summed E-state index contributed by atoms with van der Waals surface area (Å²) < 4.78 is 41.8. The minimum atomic E-state index is -3.83. The van der Waals surface area contributed by atoms with Crippen molar-refractivity contribution < 1.29 is 12.8 Å². The highest BCUT2D eigenvalue weighted by molar-refractivity contribution is 7.90. The molecule has 1 fully saturated rings. The first kappa shape index (κ1) is 17.3. The number of aromatic nitrogens is 1. The quantitative estimate of drug-likeness (QED) is 0.743. The Kier molecular flexibility index (Phi) is 4.38. The van der Waals surface area contributed by atoms with Gasteiger partial charge in [-0.15, -0.1) is 0 Å². The molecular weight excluding hydrogens is 377 g/mol. The van der Waals surface area contributed by atoms with Crippen LogP contribution in [0.25, 0.3) is 10.9 Å². The van der Waals surface area contributed by atoms with Gasteiger partial charge in [-0.2, -0.15) is 0 Å². The van der Waals surface area contributed by atoms with Gasteiger partial charge in [-0.3, -0.25) is 0 Å². The van der Waals surface area contributed by atoms with Crippen LogP contribution in [0, 0.1) is 5.82 Å². The standard InChI is InChI=1S/C18H17ClFN3O2S/c19-13-2-1-3-14(12-13)26(24,25)23-9-6-15-17(23)5-4-16(20)18(15)22-10-7-21-8-11-22/h1-6,9,12,21H,7-8,10-11H2. The van der Waals surface area contributed by atoms with Gasteiger partial charge in [0.25, 0.3) is 10.0 Å². The van der Waals surface area contributed by atoms with Crippen LogP contribution in [0.2, 0.25) is 5.02 Å². The Bertz CT molecular complexity index is 1080. The van der Waals surface area contributed by atoms with Crippen LogP contribution >= 0.6 is 11.6 Å². The first-order valence-corrected chi connectivity index (χ1v) is 10.1. The topological polar surface area (TPSA) is 54.3 Å². The van der Waals surface area contributed by atoms with Gasteiger partial charge in [0.1, 0.15) is 5.82 Å². The Morgan fingerprint density at radius 2 is 1.85 bits per heavy atom. The molecule has 0 amide bonds. The highest BCUT2D eigenvalue weighted by atomic mass is 35.5. The monoisotopic (exact) mass is 393 g/mol. The van der Waals surface area contributed by atoms with Gasteiger partial charge in [-0.1, -0.05) is 17.7 Å². The third kappa shape index (κ3) is 2.86. The Morgan fingerprint density at radius 3 is 2.58 bits per heavy atom. The van der Waals surface area contributed by atoms with Crippen molar-refractivity contribution in [3.8, 4) is 0 Å². The summed E-state index contributed by atoms with van der Waals surface area (Å²) in [5.41, 5.74) is 0.893. The van der Waals surface area contributed by atoms with Crippen LogP contribution in [0.5, 0.6) is 0 Å². The second kappa shape index (κ2) is 6.57. The lowest BCUT2D eigenvalue weighted by Crippen LogP contribution is -2.44. The Balaban J connectivity index is 1.88. The second-order valence-electron chi connectivity index (χ2n) is 6.14. The molecule has 1 aliphatic heterocycles. The maximum absolute atomic E-state index is 14.5. The Morgan fingerprint density at radius 1 is 1.08 bits per heavy atom. The fraction of sp³-hybridized carbons (Fsp3) is 0.222. The molecule has 1 aromatic heterocycles. The molecule has 26 heavy (non-hydrogen) atoms. The summed E-state index contributed by atoms with van der Waals surface area (Å²) in [5, 5.41) is 4.15. The van der Waals surface area contributed by atoms with E-state index in [2.05, 4.69) is 5.32 Å². The maximum Gasteiger partial charge on any atom is 0.268 e. The zero-order valence-corrected chi connectivity index (χ0v) is 15.4. The number of nitrogens with zero attached hydrogens (tertiary/aromatic N) is 2. The second-order valence-corrected chi connectivity index (χ2v) is 8.39. The third-order valence-corrected chi connectivity index (χ3v) is 6.47. The number of rotatable bonds is 3. The molecule has 0 atom stereocenters. The molecule has 136 valence electrons. The molecule has 0 unspecified atom stereocenters. The molecule has 8 heteroatoms. The van der Waals surface area contributed by atoms with Gasteiger partial charge in [0.2, 0.25) is 0 Å². The van der Waals surface area contributed by atoms with Crippen molar-refractivity contribution in [2.24, 2.45) is 0 Å². The van der Waals surface area contributed by atoms with E-state index in [0.717, 1.165) is 13.1 Å². The lowest BCUT2D eigenvalue weighted by Gasteiger charge is -2.30. The molecule has 1 aliphatic rings. The molecule has 0 radical (unpaired) electrons. The summed E-state index contributed by atoms with van der Waals surface area (Å²) in [4.78, 5) is 2.04. The van der Waals surface area contributed by atoms with Gasteiger partial charge >= 0.3 is 0 Å². The van der Waals surface area contributed by atoms with E-state index in [0.29, 0.717) is 34.7 Å². The van der Waals surface area contributed by atoms with E-state index in [1.807, 2.05) is 4.90 Å². The molecule has 2 aromatic carbocycles. The van der Waals surface area contributed by atoms with Gasteiger partial charge in [-0.25, -0.2) is 16.8 Å². The van der Waals surface area contributed by atoms with Gasteiger partial charge in [0.15, 0.2) is 0 Å². The van der Waals surface area contributed by atoms with Crippen molar-refractivity contribution in [1.29, 1.82) is 0 Å². The summed E-state index contributed by atoms with van der Waals surface area (Å²) in [6, 6.07) is 10.6. The lowest BCUT2D eigenvalue weighted by molar-refractivity contribution is 0.568. The number of benzene rings is 2. The van der Waals surface area contributed by atoms with E-state index in [1.54, 1.807) is 18.2 Å². The van der Waals surface area contributed by atoms with Crippen molar-refractivity contribution in [3.63, 3.8) is 0 Å². The van der Waals surface area contributed by atoms with E-state index in [-0.39, 0.29) is 10.7 Å². The van der Waals surface area contributed by atoms with Crippen LogP contribution in [-0.2, 0) is 10.0 Å². The van der Waals surface area contributed by atoms with Crippen LogP contribution in [0.3, 0.4) is 0 Å². The molecule has 3 aromatic rings. The first-order valence-electron chi connectivity index (χ1n) is 8.25. The maximum atomic E-state index is 14.5. The van der Waals surface area contributed by atoms with E-state index in [4.69, 9.17) is 11.6 Å². The van der Waals surface area contributed by atoms with E-state index >= 15 is 0 Å². The van der Waals surface area contributed by atoms with Gasteiger partial charge in [-0.05, 0) is 36.4 Å². The predicted octanol–water partition coefficient (Wildman–Crippen LogP) is 3.08. The molecule has 1 saturated heterocycles. The number of hydrogen-bond donors (Lipinski definition) is 1. The van der Waals surface area contributed by atoms with Crippen LogP contribution < -0.4 is 10.2 Å². The fourth-order valence-corrected chi connectivity index (χ4v) is 4.96.